The molecule has 1 N–H and O–H groups in total. The first-order chi connectivity index (χ1) is 12.1. The second-order valence-electron chi connectivity index (χ2n) is 6.83. The van der Waals surface area contributed by atoms with Gasteiger partial charge in [0.2, 0.25) is 6.79 Å². The summed E-state index contributed by atoms with van der Waals surface area (Å²) in [7, 11) is 1.99. The van der Waals surface area contributed by atoms with E-state index in [1.807, 2.05) is 23.9 Å². The predicted molar refractivity (Wildman–Crippen MR) is 93.8 cm³/mol. The van der Waals surface area contributed by atoms with Crippen LogP contribution >= 0.6 is 0 Å². The van der Waals surface area contributed by atoms with Crippen molar-refractivity contribution in [3.63, 3.8) is 0 Å². The van der Waals surface area contributed by atoms with E-state index in [1.165, 1.54) is 11.3 Å². The number of nitrogens with one attached hydrogen (secondary N) is 1. The number of benzene rings is 1. The second kappa shape index (κ2) is 6.69. The topological polar surface area (TPSA) is 57.5 Å². The van der Waals surface area contributed by atoms with Crippen LogP contribution < -0.4 is 14.8 Å². The van der Waals surface area contributed by atoms with Gasteiger partial charge in [-0.15, -0.1) is 0 Å². The van der Waals surface area contributed by atoms with Crippen LogP contribution in [0.1, 0.15) is 35.0 Å². The first-order valence-corrected chi connectivity index (χ1v) is 8.85. The van der Waals surface area contributed by atoms with Crippen molar-refractivity contribution < 1.29 is 14.2 Å². The molecule has 1 saturated heterocycles. The maximum atomic E-state index is 6.07. The highest BCUT2D eigenvalue weighted by Crippen LogP contribution is 2.38. The van der Waals surface area contributed by atoms with Crippen LogP contribution in [0.5, 0.6) is 11.5 Å². The molecule has 0 saturated carbocycles. The SMILES string of the molecule is Cc1nn(C)c(C)c1C1OCCC1CNCc1cccc2c1OCO2. The molecule has 1 fully saturated rings. The van der Waals surface area contributed by atoms with Gasteiger partial charge in [-0.05, 0) is 26.3 Å². The quantitative estimate of drug-likeness (QED) is 0.904. The monoisotopic (exact) mass is 343 g/mol. The largest absolute Gasteiger partial charge is 0.454 e. The predicted octanol–water partition coefficient (Wildman–Crippen LogP) is 2.63. The van der Waals surface area contributed by atoms with Crippen LogP contribution in [-0.4, -0.2) is 29.7 Å². The number of aryl methyl sites for hydroxylation is 2. The standard InChI is InChI=1S/C19H25N3O3/c1-12-17(13(2)22(3)21-12)19-15(7-8-23-19)10-20-9-14-5-4-6-16-18(14)25-11-24-16/h4-6,15,19-20H,7-11H2,1-3H3. The maximum Gasteiger partial charge on any atom is 0.231 e. The van der Waals surface area contributed by atoms with Gasteiger partial charge in [-0.3, -0.25) is 4.68 Å². The minimum atomic E-state index is 0.127. The van der Waals surface area contributed by atoms with Crippen molar-refractivity contribution in [1.82, 2.24) is 15.1 Å². The molecule has 0 amide bonds. The number of rotatable bonds is 5. The van der Waals surface area contributed by atoms with E-state index >= 15 is 0 Å². The molecule has 2 atom stereocenters. The molecule has 2 aliphatic rings. The zero-order chi connectivity index (χ0) is 17.4. The molecule has 1 aromatic heterocycles. The Balaban J connectivity index is 1.42. The number of ether oxygens (including phenoxy) is 3. The first-order valence-electron chi connectivity index (χ1n) is 8.85. The molecule has 3 heterocycles. The molecule has 2 aromatic rings. The minimum Gasteiger partial charge on any atom is -0.454 e. The summed E-state index contributed by atoms with van der Waals surface area (Å²) in [6.45, 7) is 6.97. The summed E-state index contributed by atoms with van der Waals surface area (Å²) < 4.78 is 19.0. The van der Waals surface area contributed by atoms with Crippen molar-refractivity contribution in [1.29, 1.82) is 0 Å². The lowest BCUT2D eigenvalue weighted by atomic mass is 9.94. The lowest BCUT2D eigenvalue weighted by molar-refractivity contribution is 0.0893. The molecule has 0 radical (unpaired) electrons. The van der Waals surface area contributed by atoms with Crippen LogP contribution in [0.3, 0.4) is 0 Å². The summed E-state index contributed by atoms with van der Waals surface area (Å²) in [6, 6.07) is 6.04. The lowest BCUT2D eigenvalue weighted by Crippen LogP contribution is -2.25. The van der Waals surface area contributed by atoms with E-state index in [0.29, 0.717) is 12.7 Å². The number of aromatic nitrogens is 2. The molecule has 0 aliphatic carbocycles. The van der Waals surface area contributed by atoms with Gasteiger partial charge in [0.1, 0.15) is 0 Å². The van der Waals surface area contributed by atoms with Crippen molar-refractivity contribution in [2.24, 2.45) is 13.0 Å². The van der Waals surface area contributed by atoms with E-state index in [1.54, 1.807) is 0 Å². The molecule has 0 spiro atoms. The summed E-state index contributed by atoms with van der Waals surface area (Å²) in [4.78, 5) is 0. The number of para-hydroxylation sites is 1. The fourth-order valence-electron chi connectivity index (χ4n) is 3.89. The third-order valence-electron chi connectivity index (χ3n) is 5.26. The van der Waals surface area contributed by atoms with Crippen LogP contribution in [0.4, 0.5) is 0 Å². The van der Waals surface area contributed by atoms with Crippen LogP contribution in [0, 0.1) is 19.8 Å². The fourth-order valence-corrected chi connectivity index (χ4v) is 3.89. The molecule has 25 heavy (non-hydrogen) atoms. The van der Waals surface area contributed by atoms with E-state index in [2.05, 4.69) is 30.3 Å². The Morgan fingerprint density at radius 2 is 2.16 bits per heavy atom. The van der Waals surface area contributed by atoms with Crippen LogP contribution in [0.15, 0.2) is 18.2 Å². The highest BCUT2D eigenvalue weighted by atomic mass is 16.7. The summed E-state index contributed by atoms with van der Waals surface area (Å²) >= 11 is 0. The zero-order valence-corrected chi connectivity index (χ0v) is 15.0. The fraction of sp³-hybridized carbons (Fsp3) is 0.526. The summed E-state index contributed by atoms with van der Waals surface area (Å²) in [5.41, 5.74) is 4.66. The Hall–Kier alpha value is -2.05. The highest BCUT2D eigenvalue weighted by molar-refractivity contribution is 5.48. The zero-order valence-electron chi connectivity index (χ0n) is 15.0. The van der Waals surface area contributed by atoms with Crippen molar-refractivity contribution in [3.8, 4) is 11.5 Å². The number of fused-ring (bicyclic) bond motifs is 1. The lowest BCUT2D eigenvalue weighted by Gasteiger charge is -2.20. The Labute approximate surface area is 148 Å². The van der Waals surface area contributed by atoms with Gasteiger partial charge in [-0.1, -0.05) is 12.1 Å². The van der Waals surface area contributed by atoms with Gasteiger partial charge in [-0.25, -0.2) is 0 Å². The van der Waals surface area contributed by atoms with Gasteiger partial charge in [0, 0.05) is 49.5 Å². The Morgan fingerprint density at radius 1 is 1.28 bits per heavy atom. The average molecular weight is 343 g/mol. The summed E-state index contributed by atoms with van der Waals surface area (Å²) in [5.74, 6) is 2.16. The van der Waals surface area contributed by atoms with Crippen molar-refractivity contribution in [2.45, 2.75) is 32.9 Å². The van der Waals surface area contributed by atoms with Gasteiger partial charge in [0.15, 0.2) is 11.5 Å². The summed E-state index contributed by atoms with van der Waals surface area (Å²) in [5, 5.41) is 8.12. The second-order valence-corrected chi connectivity index (χ2v) is 6.83. The first kappa shape index (κ1) is 16.4. The minimum absolute atomic E-state index is 0.127. The Bertz CT molecular complexity index is 772. The van der Waals surface area contributed by atoms with Crippen LogP contribution in [0.25, 0.3) is 0 Å². The summed E-state index contributed by atoms with van der Waals surface area (Å²) in [6.07, 6.45) is 1.19. The van der Waals surface area contributed by atoms with E-state index in [9.17, 15) is 0 Å². The van der Waals surface area contributed by atoms with Gasteiger partial charge in [0.05, 0.1) is 11.8 Å². The number of hydrogen-bond donors (Lipinski definition) is 1. The number of hydrogen-bond acceptors (Lipinski definition) is 5. The Morgan fingerprint density at radius 3 is 2.96 bits per heavy atom. The molecule has 6 nitrogen and oxygen atoms in total. The van der Waals surface area contributed by atoms with Crippen LogP contribution in [0.2, 0.25) is 0 Å². The molecule has 4 rings (SSSR count). The van der Waals surface area contributed by atoms with E-state index < -0.39 is 0 Å². The third kappa shape index (κ3) is 3.00. The van der Waals surface area contributed by atoms with Crippen molar-refractivity contribution in [2.75, 3.05) is 19.9 Å². The van der Waals surface area contributed by atoms with Gasteiger partial charge in [0.25, 0.3) is 0 Å². The highest BCUT2D eigenvalue weighted by Gasteiger charge is 2.33. The van der Waals surface area contributed by atoms with E-state index in [0.717, 1.165) is 48.9 Å². The molecule has 2 unspecified atom stereocenters. The molecule has 1 aromatic carbocycles. The average Bonchev–Trinajstić information content (AvgIpc) is 3.29. The van der Waals surface area contributed by atoms with Crippen molar-refractivity contribution in [3.05, 3.63) is 40.7 Å². The van der Waals surface area contributed by atoms with Gasteiger partial charge < -0.3 is 19.5 Å². The molecule has 134 valence electrons. The smallest absolute Gasteiger partial charge is 0.231 e. The van der Waals surface area contributed by atoms with Gasteiger partial charge >= 0.3 is 0 Å². The normalized spacial score (nSPS) is 21.9. The molecule has 0 bridgehead atoms. The molecule has 2 aliphatic heterocycles. The van der Waals surface area contributed by atoms with E-state index in [4.69, 9.17) is 14.2 Å². The van der Waals surface area contributed by atoms with E-state index in [-0.39, 0.29) is 6.10 Å². The molecular formula is C19H25N3O3. The molecular weight excluding hydrogens is 318 g/mol. The molecule has 6 heteroatoms. The maximum absolute atomic E-state index is 6.07. The van der Waals surface area contributed by atoms with Gasteiger partial charge in [-0.2, -0.15) is 5.10 Å². The van der Waals surface area contributed by atoms with Crippen molar-refractivity contribution >= 4 is 0 Å². The number of nitrogens with zero attached hydrogens (tertiary/aromatic N) is 2. The third-order valence-corrected chi connectivity index (χ3v) is 5.26. The van der Waals surface area contributed by atoms with Crippen LogP contribution in [-0.2, 0) is 18.3 Å². The Kier molecular flexibility index (Phi) is 4.39.